The quantitative estimate of drug-likeness (QED) is 0.240. The van der Waals surface area contributed by atoms with E-state index < -0.39 is 39.4 Å². The van der Waals surface area contributed by atoms with Crippen LogP contribution >= 0.6 is 0 Å². The van der Waals surface area contributed by atoms with Crippen LogP contribution in [-0.2, 0) is 10.2 Å². The first kappa shape index (κ1) is 24.9. The Labute approximate surface area is 203 Å². The van der Waals surface area contributed by atoms with Gasteiger partial charge in [-0.3, -0.25) is 10.1 Å². The number of ether oxygens (including phenoxy) is 1. The molecule has 0 aliphatic heterocycles. The highest BCUT2D eigenvalue weighted by molar-refractivity contribution is 6.05. The number of aromatic carboxylic acids is 1. The van der Waals surface area contributed by atoms with E-state index in [-0.39, 0.29) is 28.8 Å². The van der Waals surface area contributed by atoms with Crippen molar-refractivity contribution in [3.05, 3.63) is 93.4 Å². The van der Waals surface area contributed by atoms with Crippen LogP contribution in [0.2, 0.25) is 0 Å². The zero-order valence-electron chi connectivity index (χ0n) is 19.5. The number of nitro groups is 1. The summed E-state index contributed by atoms with van der Waals surface area (Å²) in [5.74, 6) is -4.28. The fourth-order valence-electron chi connectivity index (χ4n) is 4.53. The molecule has 0 unspecified atom stereocenters. The van der Waals surface area contributed by atoms with Gasteiger partial charge in [0.2, 0.25) is 0 Å². The second kappa shape index (κ2) is 9.12. The number of carbonyl (C=O) groups is 1. The molecular weight excluding hydrogens is 477 g/mol. The van der Waals surface area contributed by atoms with Crippen LogP contribution in [0.15, 0.2) is 54.6 Å². The molecular formula is C26H21F3N2O5. The van der Waals surface area contributed by atoms with Gasteiger partial charge >= 0.3 is 5.97 Å². The van der Waals surface area contributed by atoms with Crippen LogP contribution in [0.1, 0.15) is 29.9 Å². The molecule has 10 heteroatoms. The Bertz CT molecular complexity index is 1510. The van der Waals surface area contributed by atoms with E-state index >= 15 is 0 Å². The maximum absolute atomic E-state index is 14.7. The number of nitro benzene ring substituents is 1. The molecule has 1 heterocycles. The van der Waals surface area contributed by atoms with Gasteiger partial charge in [0.1, 0.15) is 5.82 Å². The van der Waals surface area contributed by atoms with Gasteiger partial charge in [0.25, 0.3) is 5.69 Å². The fraction of sp³-hybridized carbons (Fsp3) is 0.192. The highest BCUT2D eigenvalue weighted by Crippen LogP contribution is 2.46. The monoisotopic (exact) mass is 498 g/mol. The Kier molecular flexibility index (Phi) is 6.32. The number of carboxylic acid groups (broad SMARTS) is 1. The topological polar surface area (TPSA) is 94.6 Å². The molecule has 4 aromatic rings. The molecule has 1 aromatic heterocycles. The molecule has 0 amide bonds. The molecule has 0 spiro atoms. The SMILES string of the molecule is COCC(C)(C)c1c(-c2ccc(C(=O)O)cc2)c2c([N+](=O)[O-])cc(F)cc2n1-c1ccc(F)c(F)c1. The third-order valence-electron chi connectivity index (χ3n) is 5.94. The van der Waals surface area contributed by atoms with Crippen molar-refractivity contribution in [3.63, 3.8) is 0 Å². The summed E-state index contributed by atoms with van der Waals surface area (Å²) >= 11 is 0. The van der Waals surface area contributed by atoms with Crippen molar-refractivity contribution in [2.75, 3.05) is 13.7 Å². The van der Waals surface area contributed by atoms with Crippen LogP contribution in [0.4, 0.5) is 18.9 Å². The number of nitrogens with zero attached hydrogens (tertiary/aromatic N) is 2. The van der Waals surface area contributed by atoms with Gasteiger partial charge in [0.05, 0.1) is 34.1 Å². The Hall–Kier alpha value is -4.18. The summed E-state index contributed by atoms with van der Waals surface area (Å²) in [6, 6.07) is 10.7. The lowest BCUT2D eigenvalue weighted by molar-refractivity contribution is -0.383. The Morgan fingerprint density at radius 1 is 1.06 bits per heavy atom. The third kappa shape index (κ3) is 4.20. The summed E-state index contributed by atoms with van der Waals surface area (Å²) in [6.07, 6.45) is 0. The molecule has 0 bridgehead atoms. The fourth-order valence-corrected chi connectivity index (χ4v) is 4.53. The third-order valence-corrected chi connectivity index (χ3v) is 5.94. The summed E-state index contributed by atoms with van der Waals surface area (Å²) in [6.45, 7) is 3.69. The number of benzene rings is 3. The van der Waals surface area contributed by atoms with E-state index in [1.807, 2.05) is 0 Å². The second-order valence-electron chi connectivity index (χ2n) is 8.93. The minimum absolute atomic E-state index is 0.00124. The van der Waals surface area contributed by atoms with Gasteiger partial charge in [-0.25, -0.2) is 18.0 Å². The molecule has 0 saturated heterocycles. The zero-order chi connectivity index (χ0) is 26.4. The Morgan fingerprint density at radius 2 is 1.72 bits per heavy atom. The first-order valence-electron chi connectivity index (χ1n) is 10.8. The van der Waals surface area contributed by atoms with Crippen molar-refractivity contribution in [2.24, 2.45) is 0 Å². The number of hydrogen-bond donors (Lipinski definition) is 1. The van der Waals surface area contributed by atoms with Crippen molar-refractivity contribution in [1.29, 1.82) is 0 Å². The number of halogens is 3. The molecule has 1 N–H and O–H groups in total. The van der Waals surface area contributed by atoms with E-state index in [0.29, 0.717) is 16.8 Å². The first-order chi connectivity index (χ1) is 17.0. The normalized spacial score (nSPS) is 11.7. The number of fused-ring (bicyclic) bond motifs is 1. The van der Waals surface area contributed by atoms with Crippen molar-refractivity contribution in [3.8, 4) is 16.8 Å². The lowest BCUT2D eigenvalue weighted by Crippen LogP contribution is -2.27. The zero-order valence-corrected chi connectivity index (χ0v) is 19.5. The van der Waals surface area contributed by atoms with Crippen molar-refractivity contribution >= 4 is 22.6 Å². The van der Waals surface area contributed by atoms with Gasteiger partial charge < -0.3 is 14.4 Å². The molecule has 4 rings (SSSR count). The molecule has 7 nitrogen and oxygen atoms in total. The molecule has 186 valence electrons. The maximum atomic E-state index is 14.7. The standard InChI is InChI=1S/C26H21F3N2O5/c1-26(2,13-36-3)24-22(14-4-6-15(7-5-14)25(32)33)23-20(10-16(27)11-21(23)31(34)35)30(24)17-8-9-18(28)19(29)12-17/h4-12H,13H2,1-3H3,(H,32,33). The minimum atomic E-state index is -1.15. The number of methoxy groups -OCH3 is 1. The molecule has 0 saturated carbocycles. The lowest BCUT2D eigenvalue weighted by atomic mass is 9.84. The summed E-state index contributed by atoms with van der Waals surface area (Å²) in [5, 5.41) is 21.4. The average Bonchev–Trinajstić information content (AvgIpc) is 3.16. The Morgan fingerprint density at radius 3 is 2.28 bits per heavy atom. The predicted molar refractivity (Wildman–Crippen MR) is 127 cm³/mol. The van der Waals surface area contributed by atoms with E-state index in [0.717, 1.165) is 24.3 Å². The predicted octanol–water partition coefficient (Wildman–Crippen LogP) is 6.25. The highest BCUT2D eigenvalue weighted by atomic mass is 19.2. The van der Waals surface area contributed by atoms with E-state index in [9.17, 15) is 33.2 Å². The van der Waals surface area contributed by atoms with Crippen LogP contribution in [0.5, 0.6) is 0 Å². The maximum Gasteiger partial charge on any atom is 0.335 e. The molecule has 0 aliphatic rings. The Balaban J connectivity index is 2.26. The van der Waals surface area contributed by atoms with E-state index in [1.54, 1.807) is 13.8 Å². The highest BCUT2D eigenvalue weighted by Gasteiger charge is 2.35. The number of carboxylic acids is 1. The van der Waals surface area contributed by atoms with Gasteiger partial charge in [-0.15, -0.1) is 0 Å². The van der Waals surface area contributed by atoms with Crippen molar-refractivity contribution in [1.82, 2.24) is 4.57 Å². The van der Waals surface area contributed by atoms with Crippen LogP contribution in [0.3, 0.4) is 0 Å². The number of hydrogen-bond acceptors (Lipinski definition) is 4. The first-order valence-corrected chi connectivity index (χ1v) is 10.8. The molecule has 36 heavy (non-hydrogen) atoms. The van der Waals surface area contributed by atoms with E-state index in [1.165, 1.54) is 42.0 Å². The number of aromatic nitrogens is 1. The molecule has 0 fully saturated rings. The molecule has 0 radical (unpaired) electrons. The smallest absolute Gasteiger partial charge is 0.335 e. The average molecular weight is 498 g/mol. The van der Waals surface area contributed by atoms with Crippen molar-refractivity contribution < 1.29 is 32.7 Å². The van der Waals surface area contributed by atoms with Gasteiger partial charge in [-0.1, -0.05) is 26.0 Å². The molecule has 0 aliphatic carbocycles. The van der Waals surface area contributed by atoms with Crippen LogP contribution in [0.25, 0.3) is 27.7 Å². The summed E-state index contributed by atoms with van der Waals surface area (Å²) in [7, 11) is 1.47. The number of non-ortho nitro benzene ring substituents is 1. The van der Waals surface area contributed by atoms with Crippen LogP contribution < -0.4 is 0 Å². The van der Waals surface area contributed by atoms with Crippen molar-refractivity contribution in [2.45, 2.75) is 19.3 Å². The molecule has 0 atom stereocenters. The summed E-state index contributed by atoms with van der Waals surface area (Å²) < 4.78 is 49.7. The van der Waals surface area contributed by atoms with Gasteiger partial charge in [-0.05, 0) is 35.9 Å². The summed E-state index contributed by atoms with van der Waals surface area (Å²) in [4.78, 5) is 22.7. The lowest BCUT2D eigenvalue weighted by Gasteiger charge is -2.28. The largest absolute Gasteiger partial charge is 0.478 e. The van der Waals surface area contributed by atoms with E-state index in [2.05, 4.69) is 0 Å². The molecule has 3 aromatic carbocycles. The van der Waals surface area contributed by atoms with Gasteiger partial charge in [-0.2, -0.15) is 0 Å². The van der Waals surface area contributed by atoms with Crippen LogP contribution in [0, 0.1) is 27.6 Å². The van der Waals surface area contributed by atoms with Crippen LogP contribution in [-0.4, -0.2) is 34.3 Å². The van der Waals surface area contributed by atoms with Gasteiger partial charge in [0.15, 0.2) is 11.6 Å². The minimum Gasteiger partial charge on any atom is -0.478 e. The summed E-state index contributed by atoms with van der Waals surface area (Å²) in [5.41, 5.74) is -0.0955. The second-order valence-corrected chi connectivity index (χ2v) is 8.93. The number of rotatable bonds is 7. The van der Waals surface area contributed by atoms with Gasteiger partial charge in [0, 0.05) is 35.5 Å². The van der Waals surface area contributed by atoms with E-state index in [4.69, 9.17) is 4.74 Å².